The van der Waals surface area contributed by atoms with E-state index in [4.69, 9.17) is 0 Å². The average molecular weight is 225 g/mol. The number of nitrogens with one attached hydrogen (secondary N) is 1. The molecule has 3 amide bonds. The summed E-state index contributed by atoms with van der Waals surface area (Å²) in [6.07, 6.45) is 3.72. The normalized spacial score (nSPS) is 23.6. The molecule has 0 bridgehead atoms. The zero-order valence-corrected chi connectivity index (χ0v) is 9.95. The summed E-state index contributed by atoms with van der Waals surface area (Å²) in [6, 6.07) is -0.214. The van der Waals surface area contributed by atoms with Crippen molar-refractivity contribution in [1.82, 2.24) is 15.1 Å². The number of hydrogen-bond acceptors (Lipinski definition) is 3. The van der Waals surface area contributed by atoms with E-state index in [1.807, 2.05) is 19.0 Å². The fourth-order valence-corrected chi connectivity index (χ4v) is 2.67. The second-order valence-electron chi connectivity index (χ2n) is 4.95. The Labute approximate surface area is 95.8 Å². The summed E-state index contributed by atoms with van der Waals surface area (Å²) in [4.78, 5) is 27.4. The molecule has 1 N–H and O–H groups in total. The molecule has 0 aromatic heterocycles. The molecule has 1 saturated heterocycles. The Kier molecular flexibility index (Phi) is 2.88. The van der Waals surface area contributed by atoms with Gasteiger partial charge in [0, 0.05) is 13.1 Å². The lowest BCUT2D eigenvalue weighted by molar-refractivity contribution is -0.126. The van der Waals surface area contributed by atoms with Crippen molar-refractivity contribution in [1.29, 1.82) is 0 Å². The number of amides is 3. The van der Waals surface area contributed by atoms with Gasteiger partial charge in [-0.1, -0.05) is 12.8 Å². The largest absolute Gasteiger partial charge is 0.325 e. The Morgan fingerprint density at radius 1 is 1.31 bits per heavy atom. The molecule has 0 aromatic rings. The van der Waals surface area contributed by atoms with Crippen LogP contribution in [0.2, 0.25) is 0 Å². The van der Waals surface area contributed by atoms with E-state index in [0.717, 1.165) is 32.2 Å². The highest BCUT2D eigenvalue weighted by atomic mass is 16.2. The summed E-state index contributed by atoms with van der Waals surface area (Å²) in [5, 5.41) is 2.45. The summed E-state index contributed by atoms with van der Waals surface area (Å²) < 4.78 is 0. The van der Waals surface area contributed by atoms with E-state index in [1.165, 1.54) is 0 Å². The molecule has 0 radical (unpaired) electrons. The first-order valence-electron chi connectivity index (χ1n) is 5.84. The van der Waals surface area contributed by atoms with Crippen LogP contribution in [-0.4, -0.2) is 54.5 Å². The number of carbonyl (C=O) groups excluding carboxylic acids is 2. The van der Waals surface area contributed by atoms with E-state index >= 15 is 0 Å². The fraction of sp³-hybridized carbons (Fsp3) is 0.818. The molecular weight excluding hydrogens is 206 g/mol. The lowest BCUT2D eigenvalue weighted by Crippen LogP contribution is -2.49. The first-order valence-corrected chi connectivity index (χ1v) is 5.84. The van der Waals surface area contributed by atoms with Gasteiger partial charge in [-0.2, -0.15) is 0 Å². The fourth-order valence-electron chi connectivity index (χ4n) is 2.67. The molecule has 5 heteroatoms. The van der Waals surface area contributed by atoms with Gasteiger partial charge >= 0.3 is 6.03 Å². The zero-order chi connectivity index (χ0) is 11.8. The maximum absolute atomic E-state index is 11.9. The lowest BCUT2D eigenvalue weighted by atomic mass is 9.96. The molecule has 16 heavy (non-hydrogen) atoms. The van der Waals surface area contributed by atoms with Crippen LogP contribution in [-0.2, 0) is 4.79 Å². The molecular formula is C11H19N3O2. The number of rotatable bonds is 3. The lowest BCUT2D eigenvalue weighted by Gasteiger charge is -2.32. The van der Waals surface area contributed by atoms with Gasteiger partial charge in [0.1, 0.15) is 5.54 Å². The molecule has 1 spiro atoms. The van der Waals surface area contributed by atoms with E-state index in [-0.39, 0.29) is 11.9 Å². The Hall–Kier alpha value is -1.10. The quantitative estimate of drug-likeness (QED) is 0.708. The van der Waals surface area contributed by atoms with Crippen molar-refractivity contribution in [3.8, 4) is 0 Å². The van der Waals surface area contributed by atoms with Gasteiger partial charge in [-0.25, -0.2) is 4.79 Å². The highest BCUT2D eigenvalue weighted by Gasteiger charge is 2.53. The first kappa shape index (κ1) is 11.4. The van der Waals surface area contributed by atoms with Crippen LogP contribution in [0.25, 0.3) is 0 Å². The van der Waals surface area contributed by atoms with Crippen LogP contribution >= 0.6 is 0 Å². The van der Waals surface area contributed by atoms with Gasteiger partial charge in [0.15, 0.2) is 0 Å². The minimum Gasteiger partial charge on any atom is -0.308 e. The van der Waals surface area contributed by atoms with E-state index in [0.29, 0.717) is 6.54 Å². The average Bonchev–Trinajstić information content (AvgIpc) is 2.74. The smallest absolute Gasteiger partial charge is 0.308 e. The van der Waals surface area contributed by atoms with Crippen molar-refractivity contribution in [2.24, 2.45) is 0 Å². The van der Waals surface area contributed by atoms with E-state index < -0.39 is 5.54 Å². The molecule has 90 valence electrons. The van der Waals surface area contributed by atoms with Crippen LogP contribution in [0.5, 0.6) is 0 Å². The van der Waals surface area contributed by atoms with Crippen molar-refractivity contribution in [3.63, 3.8) is 0 Å². The predicted molar refractivity (Wildman–Crippen MR) is 60.0 cm³/mol. The number of likely N-dealkylation sites (N-methyl/N-ethyl adjacent to an activating group) is 1. The van der Waals surface area contributed by atoms with Crippen LogP contribution in [0.1, 0.15) is 25.7 Å². The van der Waals surface area contributed by atoms with E-state index in [1.54, 1.807) is 4.90 Å². The van der Waals surface area contributed by atoms with Crippen LogP contribution in [0.4, 0.5) is 4.79 Å². The van der Waals surface area contributed by atoms with Gasteiger partial charge in [0.2, 0.25) is 0 Å². The highest BCUT2D eigenvalue weighted by Crippen LogP contribution is 2.38. The predicted octanol–water partition coefficient (Wildman–Crippen LogP) is 0.413. The number of nitrogens with zero attached hydrogens (tertiary/aromatic N) is 2. The highest BCUT2D eigenvalue weighted by molar-refractivity contribution is 6.07. The molecule has 1 saturated carbocycles. The molecule has 2 aliphatic rings. The Balaban J connectivity index is 2.13. The van der Waals surface area contributed by atoms with Gasteiger partial charge in [-0.05, 0) is 26.9 Å². The van der Waals surface area contributed by atoms with E-state index in [9.17, 15) is 9.59 Å². The van der Waals surface area contributed by atoms with Gasteiger partial charge in [0.05, 0.1) is 0 Å². The van der Waals surface area contributed by atoms with Crippen LogP contribution in [0, 0.1) is 0 Å². The van der Waals surface area contributed by atoms with Crippen LogP contribution in [0.3, 0.4) is 0 Å². The topological polar surface area (TPSA) is 52.6 Å². The second-order valence-corrected chi connectivity index (χ2v) is 4.95. The Bertz CT molecular complexity index is 308. The Morgan fingerprint density at radius 3 is 2.50 bits per heavy atom. The molecule has 1 aliphatic carbocycles. The van der Waals surface area contributed by atoms with Gasteiger partial charge < -0.3 is 9.80 Å². The van der Waals surface area contributed by atoms with Gasteiger partial charge in [-0.15, -0.1) is 0 Å². The monoisotopic (exact) mass is 225 g/mol. The number of urea groups is 1. The third-order valence-electron chi connectivity index (χ3n) is 3.61. The molecule has 2 rings (SSSR count). The van der Waals surface area contributed by atoms with Crippen LogP contribution in [0.15, 0.2) is 0 Å². The standard InChI is InChI=1S/C11H19N3O2/c1-13(2)7-8-14-10(16)12-9(15)11(14)5-3-4-6-11/h3-8H2,1-2H3,(H,12,15,16). The molecule has 2 fully saturated rings. The number of imide groups is 1. The van der Waals surface area contributed by atoms with Gasteiger partial charge in [-0.3, -0.25) is 10.1 Å². The summed E-state index contributed by atoms with van der Waals surface area (Å²) in [6.45, 7) is 1.42. The molecule has 5 nitrogen and oxygen atoms in total. The maximum atomic E-state index is 11.9. The summed E-state index contributed by atoms with van der Waals surface area (Å²) in [5.41, 5.74) is -0.521. The zero-order valence-electron chi connectivity index (χ0n) is 9.95. The summed E-state index contributed by atoms with van der Waals surface area (Å²) in [5.74, 6) is -0.0891. The SMILES string of the molecule is CN(C)CCN1C(=O)NC(=O)C12CCCC2. The first-order chi connectivity index (χ1) is 7.56. The van der Waals surface area contributed by atoms with Gasteiger partial charge in [0.25, 0.3) is 5.91 Å². The number of hydrogen-bond donors (Lipinski definition) is 1. The van der Waals surface area contributed by atoms with Crippen LogP contribution < -0.4 is 5.32 Å². The van der Waals surface area contributed by atoms with Crippen molar-refractivity contribution < 1.29 is 9.59 Å². The molecule has 1 aliphatic heterocycles. The molecule has 0 unspecified atom stereocenters. The minimum atomic E-state index is -0.521. The summed E-state index contributed by atoms with van der Waals surface area (Å²) >= 11 is 0. The number of carbonyl (C=O) groups is 2. The maximum Gasteiger partial charge on any atom is 0.325 e. The third-order valence-corrected chi connectivity index (χ3v) is 3.61. The van der Waals surface area contributed by atoms with Crippen molar-refractivity contribution in [2.75, 3.05) is 27.2 Å². The van der Waals surface area contributed by atoms with Crippen molar-refractivity contribution in [3.05, 3.63) is 0 Å². The van der Waals surface area contributed by atoms with E-state index in [2.05, 4.69) is 5.32 Å². The minimum absolute atomic E-state index is 0.0891. The third kappa shape index (κ3) is 1.69. The second kappa shape index (κ2) is 4.05. The summed E-state index contributed by atoms with van der Waals surface area (Å²) in [7, 11) is 3.94. The molecule has 0 atom stereocenters. The Morgan fingerprint density at radius 2 is 1.94 bits per heavy atom. The molecule has 0 aromatic carbocycles. The van der Waals surface area contributed by atoms with Crippen molar-refractivity contribution in [2.45, 2.75) is 31.2 Å². The van der Waals surface area contributed by atoms with Crippen molar-refractivity contribution >= 4 is 11.9 Å². The molecule has 1 heterocycles.